The largest absolute Gasteiger partial charge is 0.348 e. The Morgan fingerprint density at radius 2 is 1.83 bits per heavy atom. The molecular formula is C17H24N2O4. The van der Waals surface area contributed by atoms with Crippen molar-refractivity contribution in [2.45, 2.75) is 46.6 Å². The number of Topliss-reactive ketones (excluding diaryl/α,β-unsaturated/α-hetero) is 1. The Bertz CT molecular complexity index is 584. The molecular weight excluding hydrogens is 296 g/mol. The van der Waals surface area contributed by atoms with E-state index in [2.05, 4.69) is 5.32 Å². The summed E-state index contributed by atoms with van der Waals surface area (Å²) in [6.07, 6.45) is 0.707. The van der Waals surface area contributed by atoms with Crippen LogP contribution in [0.2, 0.25) is 0 Å². The van der Waals surface area contributed by atoms with Gasteiger partial charge in [0, 0.05) is 24.3 Å². The zero-order chi connectivity index (χ0) is 17.6. The van der Waals surface area contributed by atoms with Crippen LogP contribution in [0.15, 0.2) is 24.3 Å². The first-order chi connectivity index (χ1) is 10.8. The molecule has 6 heteroatoms. The summed E-state index contributed by atoms with van der Waals surface area (Å²) in [7, 11) is 0. The Morgan fingerprint density at radius 3 is 2.35 bits per heavy atom. The first-order valence-electron chi connectivity index (χ1n) is 7.84. The smallest absolute Gasteiger partial charge is 0.274 e. The van der Waals surface area contributed by atoms with Crippen LogP contribution in [-0.4, -0.2) is 16.6 Å². The van der Waals surface area contributed by atoms with E-state index in [0.717, 1.165) is 0 Å². The molecule has 0 aliphatic carbocycles. The zero-order valence-electron chi connectivity index (χ0n) is 14.0. The second kappa shape index (κ2) is 8.41. The fourth-order valence-corrected chi connectivity index (χ4v) is 2.12. The number of benzene rings is 1. The van der Waals surface area contributed by atoms with Crippen LogP contribution in [0.5, 0.6) is 0 Å². The van der Waals surface area contributed by atoms with E-state index in [1.165, 1.54) is 6.07 Å². The molecule has 0 spiro atoms. The lowest BCUT2D eigenvalue weighted by atomic mass is 9.94. The molecule has 23 heavy (non-hydrogen) atoms. The number of nitro benzene ring substituents is 1. The second-order valence-corrected chi connectivity index (χ2v) is 6.01. The highest BCUT2D eigenvalue weighted by Crippen LogP contribution is 2.28. The van der Waals surface area contributed by atoms with Crippen molar-refractivity contribution in [1.82, 2.24) is 5.32 Å². The quantitative estimate of drug-likeness (QED) is 0.587. The summed E-state index contributed by atoms with van der Waals surface area (Å²) in [6.45, 7) is 7.23. The maximum absolute atomic E-state index is 12.2. The van der Waals surface area contributed by atoms with Crippen LogP contribution in [0.3, 0.4) is 0 Å². The summed E-state index contributed by atoms with van der Waals surface area (Å²) in [4.78, 5) is 35.0. The van der Waals surface area contributed by atoms with Gasteiger partial charge in [-0.1, -0.05) is 45.9 Å². The standard InChI is InChI=1S/C17H24N2O4/c1-5-12(4)17(21)18-14(10-16(20)11(2)3)13-8-6-7-9-15(13)19(22)23/h6-9,11-12,14H,5,10H2,1-4H3,(H,18,21). The van der Waals surface area contributed by atoms with E-state index in [0.29, 0.717) is 12.0 Å². The number of nitrogens with zero attached hydrogens (tertiary/aromatic N) is 1. The summed E-state index contributed by atoms with van der Waals surface area (Å²) in [5.41, 5.74) is 0.279. The maximum Gasteiger partial charge on any atom is 0.274 e. The Hall–Kier alpha value is -2.24. The number of carbonyl (C=O) groups excluding carboxylic acids is 2. The third-order valence-electron chi connectivity index (χ3n) is 3.93. The fraction of sp³-hybridized carbons (Fsp3) is 0.529. The molecule has 6 nitrogen and oxygen atoms in total. The number of nitro groups is 1. The third kappa shape index (κ3) is 5.16. The number of hydrogen-bond acceptors (Lipinski definition) is 4. The Kier molecular flexibility index (Phi) is 6.88. The van der Waals surface area contributed by atoms with Gasteiger partial charge in [-0.05, 0) is 6.42 Å². The lowest BCUT2D eigenvalue weighted by molar-refractivity contribution is -0.385. The summed E-state index contributed by atoms with van der Waals surface area (Å²) in [6, 6.07) is 5.53. The highest BCUT2D eigenvalue weighted by molar-refractivity contribution is 5.83. The molecule has 0 saturated heterocycles. The van der Waals surface area contributed by atoms with Gasteiger partial charge in [0.2, 0.25) is 5.91 Å². The molecule has 1 aromatic rings. The number of ketones is 1. The van der Waals surface area contributed by atoms with Gasteiger partial charge >= 0.3 is 0 Å². The third-order valence-corrected chi connectivity index (χ3v) is 3.93. The Balaban J connectivity index is 3.16. The predicted octanol–water partition coefficient (Wildman–Crippen LogP) is 3.41. The van der Waals surface area contributed by atoms with Gasteiger partial charge in [0.1, 0.15) is 5.78 Å². The molecule has 0 saturated carbocycles. The molecule has 1 amide bonds. The van der Waals surface area contributed by atoms with E-state index >= 15 is 0 Å². The van der Waals surface area contributed by atoms with Crippen molar-refractivity contribution in [3.63, 3.8) is 0 Å². The predicted molar refractivity (Wildman–Crippen MR) is 87.9 cm³/mol. The van der Waals surface area contributed by atoms with Crippen LogP contribution in [0.1, 0.15) is 52.1 Å². The van der Waals surface area contributed by atoms with E-state index in [1.807, 2.05) is 6.92 Å². The van der Waals surface area contributed by atoms with Crippen LogP contribution < -0.4 is 5.32 Å². The summed E-state index contributed by atoms with van der Waals surface area (Å²) < 4.78 is 0. The molecule has 0 aromatic heterocycles. The van der Waals surface area contributed by atoms with E-state index in [4.69, 9.17) is 0 Å². The topological polar surface area (TPSA) is 89.3 Å². The molecule has 1 N–H and O–H groups in total. The number of rotatable bonds is 8. The van der Waals surface area contributed by atoms with Crippen LogP contribution >= 0.6 is 0 Å². The molecule has 0 fully saturated rings. The summed E-state index contributed by atoms with van der Waals surface area (Å²) in [5.74, 6) is -0.653. The molecule has 0 aliphatic rings. The lowest BCUT2D eigenvalue weighted by Crippen LogP contribution is -2.34. The van der Waals surface area contributed by atoms with Crippen molar-refractivity contribution in [3.8, 4) is 0 Å². The Labute approximate surface area is 136 Å². The van der Waals surface area contributed by atoms with Gasteiger partial charge in [-0.2, -0.15) is 0 Å². The van der Waals surface area contributed by atoms with E-state index in [1.54, 1.807) is 39.0 Å². The number of hydrogen-bond donors (Lipinski definition) is 1. The average molecular weight is 320 g/mol. The Morgan fingerprint density at radius 1 is 1.22 bits per heavy atom. The number of para-hydroxylation sites is 1. The average Bonchev–Trinajstić information content (AvgIpc) is 2.52. The first kappa shape index (κ1) is 18.8. The van der Waals surface area contributed by atoms with Gasteiger partial charge in [0.25, 0.3) is 5.69 Å². The summed E-state index contributed by atoms with van der Waals surface area (Å²) >= 11 is 0. The zero-order valence-corrected chi connectivity index (χ0v) is 14.0. The van der Waals surface area contributed by atoms with Gasteiger partial charge in [0.15, 0.2) is 0 Å². The molecule has 0 aliphatic heterocycles. The number of carbonyl (C=O) groups is 2. The maximum atomic E-state index is 12.2. The van der Waals surface area contributed by atoms with Crippen molar-refractivity contribution < 1.29 is 14.5 Å². The van der Waals surface area contributed by atoms with Crippen molar-refractivity contribution in [2.24, 2.45) is 11.8 Å². The van der Waals surface area contributed by atoms with Crippen LogP contribution in [0.25, 0.3) is 0 Å². The van der Waals surface area contributed by atoms with Gasteiger partial charge in [-0.25, -0.2) is 0 Å². The number of nitrogens with one attached hydrogen (secondary N) is 1. The number of amides is 1. The fourth-order valence-electron chi connectivity index (χ4n) is 2.12. The molecule has 0 bridgehead atoms. The molecule has 126 valence electrons. The molecule has 1 rings (SSSR count). The minimum absolute atomic E-state index is 0.0439. The van der Waals surface area contributed by atoms with E-state index in [9.17, 15) is 19.7 Å². The van der Waals surface area contributed by atoms with E-state index in [-0.39, 0.29) is 35.6 Å². The monoisotopic (exact) mass is 320 g/mol. The van der Waals surface area contributed by atoms with Crippen molar-refractivity contribution >= 4 is 17.4 Å². The highest BCUT2D eigenvalue weighted by Gasteiger charge is 2.27. The lowest BCUT2D eigenvalue weighted by Gasteiger charge is -2.21. The second-order valence-electron chi connectivity index (χ2n) is 6.01. The molecule has 0 radical (unpaired) electrons. The summed E-state index contributed by atoms with van der Waals surface area (Å²) in [5, 5.41) is 14.0. The van der Waals surface area contributed by atoms with Gasteiger partial charge in [-0.3, -0.25) is 19.7 Å². The normalized spacial score (nSPS) is 13.4. The van der Waals surface area contributed by atoms with Crippen molar-refractivity contribution in [2.75, 3.05) is 0 Å². The van der Waals surface area contributed by atoms with Crippen LogP contribution in [-0.2, 0) is 9.59 Å². The van der Waals surface area contributed by atoms with Crippen LogP contribution in [0.4, 0.5) is 5.69 Å². The van der Waals surface area contributed by atoms with Gasteiger partial charge in [-0.15, -0.1) is 0 Å². The van der Waals surface area contributed by atoms with Gasteiger partial charge in [0.05, 0.1) is 16.5 Å². The highest BCUT2D eigenvalue weighted by atomic mass is 16.6. The minimum Gasteiger partial charge on any atom is -0.348 e. The van der Waals surface area contributed by atoms with Crippen molar-refractivity contribution in [1.29, 1.82) is 0 Å². The van der Waals surface area contributed by atoms with E-state index < -0.39 is 11.0 Å². The molecule has 2 atom stereocenters. The van der Waals surface area contributed by atoms with Crippen LogP contribution in [0, 0.1) is 22.0 Å². The minimum atomic E-state index is -0.687. The molecule has 0 heterocycles. The first-order valence-corrected chi connectivity index (χ1v) is 7.84. The molecule has 1 aromatic carbocycles. The van der Waals surface area contributed by atoms with Crippen molar-refractivity contribution in [3.05, 3.63) is 39.9 Å². The SMILES string of the molecule is CCC(C)C(=O)NC(CC(=O)C(C)C)c1ccccc1[N+](=O)[O-]. The molecule has 2 unspecified atom stereocenters. The van der Waals surface area contributed by atoms with Gasteiger partial charge < -0.3 is 5.32 Å².